The molecule has 0 N–H and O–H groups in total. The zero-order chi connectivity index (χ0) is 24.6. The van der Waals surface area contributed by atoms with Gasteiger partial charge < -0.3 is 14.4 Å². The lowest BCUT2D eigenvalue weighted by molar-refractivity contribution is -0.00897. The van der Waals surface area contributed by atoms with Crippen LogP contribution in [-0.4, -0.2) is 61.5 Å². The van der Waals surface area contributed by atoms with Crippen molar-refractivity contribution in [3.8, 4) is 17.3 Å². The van der Waals surface area contributed by atoms with E-state index in [1.54, 1.807) is 11.0 Å². The van der Waals surface area contributed by atoms with Gasteiger partial charge in [0.2, 0.25) is 0 Å². The molecule has 0 atom stereocenters. The fourth-order valence-electron chi connectivity index (χ4n) is 4.14. The summed E-state index contributed by atoms with van der Waals surface area (Å²) in [6.07, 6.45) is 1.84. The Labute approximate surface area is 202 Å². The second-order valence-electron chi connectivity index (χ2n) is 9.88. The Bertz CT molecular complexity index is 1370. The van der Waals surface area contributed by atoms with Gasteiger partial charge in [-0.25, -0.2) is 14.2 Å². The van der Waals surface area contributed by atoms with Gasteiger partial charge >= 0.3 is 6.09 Å². The highest BCUT2D eigenvalue weighted by Crippen LogP contribution is 2.31. The van der Waals surface area contributed by atoms with Crippen LogP contribution in [0.3, 0.4) is 0 Å². The summed E-state index contributed by atoms with van der Waals surface area (Å²) in [7, 11) is 0. The molecule has 1 amide bonds. The summed E-state index contributed by atoms with van der Waals surface area (Å²) in [5.41, 5.74) is -0.114. The number of carbonyl (C=O) groups excluding carboxylic acids is 1. The number of fused-ring (bicyclic) bond motifs is 2. The van der Waals surface area contributed by atoms with Crippen molar-refractivity contribution in [2.24, 2.45) is 0 Å². The highest BCUT2D eigenvalue weighted by Gasteiger charge is 2.38. The molecular formula is C26H28FN5O3. The highest BCUT2D eigenvalue weighted by molar-refractivity contribution is 5.86. The van der Waals surface area contributed by atoms with Crippen LogP contribution >= 0.6 is 0 Å². The number of nitrogens with zero attached hydrogens (tertiary/aromatic N) is 5. The van der Waals surface area contributed by atoms with Gasteiger partial charge in [-0.1, -0.05) is 24.3 Å². The van der Waals surface area contributed by atoms with E-state index in [0.717, 1.165) is 11.0 Å². The van der Waals surface area contributed by atoms with Gasteiger partial charge in [-0.2, -0.15) is 0 Å². The van der Waals surface area contributed by atoms with Crippen LogP contribution in [0.4, 0.5) is 9.18 Å². The summed E-state index contributed by atoms with van der Waals surface area (Å²) >= 11 is 0. The molecule has 0 aliphatic carbocycles. The summed E-state index contributed by atoms with van der Waals surface area (Å²) < 4.78 is 28.8. The van der Waals surface area contributed by atoms with E-state index >= 15 is 4.39 Å². The van der Waals surface area contributed by atoms with Crippen molar-refractivity contribution in [3.63, 3.8) is 0 Å². The first-order chi connectivity index (χ1) is 16.7. The molecule has 9 heteroatoms. The molecule has 182 valence electrons. The lowest BCUT2D eigenvalue weighted by Crippen LogP contribution is -2.48. The van der Waals surface area contributed by atoms with Gasteiger partial charge in [0, 0.05) is 37.5 Å². The third kappa shape index (κ3) is 4.89. The van der Waals surface area contributed by atoms with Crippen molar-refractivity contribution in [1.29, 1.82) is 0 Å². The number of halogens is 1. The van der Waals surface area contributed by atoms with E-state index in [1.165, 1.54) is 0 Å². The maximum atomic E-state index is 15.6. The van der Waals surface area contributed by atoms with Crippen LogP contribution in [0.5, 0.6) is 5.75 Å². The van der Waals surface area contributed by atoms with E-state index in [1.807, 2.05) is 73.8 Å². The average Bonchev–Trinajstić information content (AvgIpc) is 3.26. The number of piperidine rings is 1. The number of para-hydroxylation sites is 1. The minimum atomic E-state index is -1.54. The Hall–Kier alpha value is -3.75. The van der Waals surface area contributed by atoms with Crippen LogP contribution in [0.25, 0.3) is 28.1 Å². The number of hydrogen-bond donors (Lipinski definition) is 0. The lowest BCUT2D eigenvalue weighted by atomic mass is 9.94. The zero-order valence-electron chi connectivity index (χ0n) is 20.1. The van der Waals surface area contributed by atoms with Gasteiger partial charge in [0.05, 0.1) is 0 Å². The zero-order valence-corrected chi connectivity index (χ0v) is 20.1. The molecule has 0 spiro atoms. The molecule has 1 saturated heterocycles. The normalized spacial score (nSPS) is 15.9. The highest BCUT2D eigenvalue weighted by atomic mass is 19.1. The number of hydrogen-bond acceptors (Lipinski definition) is 6. The number of alkyl halides is 1. The lowest BCUT2D eigenvalue weighted by Gasteiger charge is -2.36. The molecule has 3 aromatic heterocycles. The van der Waals surface area contributed by atoms with Crippen molar-refractivity contribution >= 4 is 22.6 Å². The molecule has 4 aromatic rings. The summed E-state index contributed by atoms with van der Waals surface area (Å²) in [6.45, 7) is 5.90. The first kappa shape index (κ1) is 23.0. The fraction of sp³-hybridized carbons (Fsp3) is 0.385. The predicted molar refractivity (Wildman–Crippen MR) is 130 cm³/mol. The summed E-state index contributed by atoms with van der Waals surface area (Å²) in [5, 5.41) is 9.36. The molecular weight excluding hydrogens is 449 g/mol. The molecule has 0 unspecified atom stereocenters. The van der Waals surface area contributed by atoms with E-state index in [9.17, 15) is 4.79 Å². The van der Waals surface area contributed by atoms with E-state index < -0.39 is 17.4 Å². The van der Waals surface area contributed by atoms with E-state index in [2.05, 4.69) is 10.2 Å². The van der Waals surface area contributed by atoms with Crippen LogP contribution in [-0.2, 0) is 4.74 Å². The first-order valence-electron chi connectivity index (χ1n) is 11.7. The van der Waals surface area contributed by atoms with Crippen LogP contribution in [0.15, 0.2) is 54.7 Å². The van der Waals surface area contributed by atoms with E-state index in [0.29, 0.717) is 22.8 Å². The van der Waals surface area contributed by atoms with Gasteiger partial charge in [-0.3, -0.25) is 4.40 Å². The molecule has 4 heterocycles. The van der Waals surface area contributed by atoms with Gasteiger partial charge in [0.15, 0.2) is 11.5 Å². The number of likely N-dealkylation sites (tertiary alicyclic amines) is 1. The largest absolute Gasteiger partial charge is 0.488 e. The molecule has 1 fully saturated rings. The van der Waals surface area contributed by atoms with Crippen molar-refractivity contribution in [2.75, 3.05) is 19.7 Å². The summed E-state index contributed by atoms with van der Waals surface area (Å²) in [5.74, 6) is 1.12. The van der Waals surface area contributed by atoms with Gasteiger partial charge in [-0.15, -0.1) is 10.2 Å². The van der Waals surface area contributed by atoms with Crippen LogP contribution < -0.4 is 4.74 Å². The monoisotopic (exact) mass is 477 g/mol. The number of rotatable bonds is 4. The maximum Gasteiger partial charge on any atom is 0.410 e. The second-order valence-corrected chi connectivity index (χ2v) is 9.88. The van der Waals surface area contributed by atoms with Crippen molar-refractivity contribution in [1.82, 2.24) is 24.5 Å². The number of ether oxygens (including phenoxy) is 2. The maximum absolute atomic E-state index is 15.6. The quantitative estimate of drug-likeness (QED) is 0.409. The Morgan fingerprint density at radius 1 is 1.06 bits per heavy atom. The molecule has 1 aromatic carbocycles. The van der Waals surface area contributed by atoms with Gasteiger partial charge in [-0.05, 0) is 45.0 Å². The summed E-state index contributed by atoms with van der Waals surface area (Å²) in [6, 6.07) is 15.1. The van der Waals surface area contributed by atoms with Gasteiger partial charge in [0.1, 0.15) is 34.8 Å². The minimum absolute atomic E-state index is 0.117. The van der Waals surface area contributed by atoms with Crippen LogP contribution in [0.1, 0.15) is 33.6 Å². The van der Waals surface area contributed by atoms with E-state index in [-0.39, 0.29) is 32.5 Å². The molecule has 1 aliphatic rings. The number of carbonyl (C=O) groups is 1. The van der Waals surface area contributed by atoms with Gasteiger partial charge in [0.25, 0.3) is 0 Å². The van der Waals surface area contributed by atoms with Crippen LogP contribution in [0.2, 0.25) is 0 Å². The number of pyridine rings is 2. The number of benzene rings is 1. The standard InChI is InChI=1S/C26H28FN5O3/c1-25(2,3)35-24(33)31-15-12-26(27,13-16-31)17-34-20-8-6-7-18-10-11-19(28-22(18)20)23-30-29-21-9-4-5-14-32(21)23/h4-11,14H,12-13,15-17H2,1-3H3. The number of amides is 1. The summed E-state index contributed by atoms with van der Waals surface area (Å²) in [4.78, 5) is 18.6. The molecule has 35 heavy (non-hydrogen) atoms. The van der Waals surface area contributed by atoms with Crippen molar-refractivity contribution in [3.05, 3.63) is 54.7 Å². The molecule has 1 aliphatic heterocycles. The second kappa shape index (κ2) is 8.79. The Balaban J connectivity index is 1.32. The smallest absolute Gasteiger partial charge is 0.410 e. The Morgan fingerprint density at radius 2 is 1.86 bits per heavy atom. The topological polar surface area (TPSA) is 81.8 Å². The third-order valence-electron chi connectivity index (χ3n) is 6.02. The Kier molecular flexibility index (Phi) is 5.78. The molecule has 5 rings (SSSR count). The minimum Gasteiger partial charge on any atom is -0.488 e. The first-order valence-corrected chi connectivity index (χ1v) is 11.7. The third-order valence-corrected chi connectivity index (χ3v) is 6.02. The predicted octanol–water partition coefficient (Wildman–Crippen LogP) is 5.06. The molecule has 0 bridgehead atoms. The average molecular weight is 478 g/mol. The van der Waals surface area contributed by atoms with Crippen LogP contribution in [0, 0.1) is 0 Å². The molecule has 0 radical (unpaired) electrons. The molecule has 8 nitrogen and oxygen atoms in total. The fourth-order valence-corrected chi connectivity index (χ4v) is 4.14. The molecule has 0 saturated carbocycles. The van der Waals surface area contributed by atoms with Crippen molar-refractivity contribution < 1.29 is 18.7 Å². The van der Waals surface area contributed by atoms with E-state index in [4.69, 9.17) is 14.5 Å². The Morgan fingerprint density at radius 3 is 2.63 bits per heavy atom. The number of aromatic nitrogens is 4. The SMILES string of the molecule is CC(C)(C)OC(=O)N1CCC(F)(COc2cccc3ccc(-c4nnc5ccccn45)nc23)CC1. The van der Waals surface area contributed by atoms with Crippen molar-refractivity contribution in [2.45, 2.75) is 44.9 Å².